The first kappa shape index (κ1) is 19.1. The molecule has 4 rings (SSSR count). The molecule has 0 bridgehead atoms. The van der Waals surface area contributed by atoms with Crippen LogP contribution in [0, 0.1) is 18.7 Å². The van der Waals surface area contributed by atoms with Gasteiger partial charge >= 0.3 is 0 Å². The molecule has 0 spiro atoms. The summed E-state index contributed by atoms with van der Waals surface area (Å²) in [6.45, 7) is 5.02. The highest BCUT2D eigenvalue weighted by Crippen LogP contribution is 2.55. The van der Waals surface area contributed by atoms with Crippen LogP contribution < -0.4 is 10.1 Å². The van der Waals surface area contributed by atoms with Crippen molar-refractivity contribution in [2.24, 2.45) is 5.92 Å². The van der Waals surface area contributed by atoms with E-state index in [2.05, 4.69) is 15.4 Å². The average molecular weight is 394 g/mol. The summed E-state index contributed by atoms with van der Waals surface area (Å²) in [6.07, 6.45) is 1.76. The zero-order valence-corrected chi connectivity index (χ0v) is 16.4. The Morgan fingerprint density at radius 2 is 2.10 bits per heavy atom. The fourth-order valence-corrected chi connectivity index (χ4v) is 3.71. The number of pyridine rings is 1. The molecule has 1 N–H and O–H groups in total. The molecule has 1 saturated carbocycles. The Bertz CT molecular complexity index is 1000. The molecule has 0 radical (unpaired) electrons. The van der Waals surface area contributed by atoms with Gasteiger partial charge in [0.2, 0.25) is 11.8 Å². The van der Waals surface area contributed by atoms with Gasteiger partial charge < -0.3 is 10.1 Å². The van der Waals surface area contributed by atoms with Gasteiger partial charge in [-0.25, -0.2) is 14.1 Å². The fourth-order valence-electron chi connectivity index (χ4n) is 3.71. The lowest BCUT2D eigenvalue weighted by Crippen LogP contribution is -2.27. The van der Waals surface area contributed by atoms with Gasteiger partial charge in [-0.2, -0.15) is 5.10 Å². The maximum Gasteiger partial charge on any atom is 0.229 e. The number of nitrogens with one attached hydrogen (secondary N) is 1. The first-order valence-corrected chi connectivity index (χ1v) is 9.67. The van der Waals surface area contributed by atoms with Crippen LogP contribution in [0.5, 0.6) is 5.88 Å². The van der Waals surface area contributed by atoms with E-state index in [1.807, 2.05) is 54.9 Å². The van der Waals surface area contributed by atoms with Crippen molar-refractivity contribution in [1.29, 1.82) is 0 Å². The van der Waals surface area contributed by atoms with Crippen LogP contribution in [0.3, 0.4) is 0 Å². The number of hydrogen-bond acceptors (Lipinski definition) is 4. The van der Waals surface area contributed by atoms with Gasteiger partial charge in [0.1, 0.15) is 18.2 Å². The summed E-state index contributed by atoms with van der Waals surface area (Å²) in [5.41, 5.74) is 1.54. The number of ether oxygens (including phenoxy) is 1. The molecule has 0 aliphatic heterocycles. The van der Waals surface area contributed by atoms with Crippen molar-refractivity contribution in [3.63, 3.8) is 0 Å². The van der Waals surface area contributed by atoms with E-state index in [1.165, 1.54) is 12.1 Å². The molecule has 150 valence electrons. The highest BCUT2D eigenvalue weighted by atomic mass is 19.1. The third kappa shape index (κ3) is 3.85. The number of halogens is 1. The monoisotopic (exact) mass is 394 g/mol. The smallest absolute Gasteiger partial charge is 0.229 e. The number of amides is 1. The molecule has 2 heterocycles. The lowest BCUT2D eigenvalue weighted by Gasteiger charge is -2.19. The van der Waals surface area contributed by atoms with E-state index in [9.17, 15) is 9.18 Å². The maximum absolute atomic E-state index is 13.1. The van der Waals surface area contributed by atoms with Crippen LogP contribution >= 0.6 is 0 Å². The average Bonchev–Trinajstić information content (AvgIpc) is 3.37. The molecule has 3 aromatic rings. The molecular weight excluding hydrogens is 371 g/mol. The lowest BCUT2D eigenvalue weighted by molar-refractivity contribution is -0.117. The van der Waals surface area contributed by atoms with Gasteiger partial charge in [-0.1, -0.05) is 30.3 Å². The van der Waals surface area contributed by atoms with Gasteiger partial charge in [-0.3, -0.25) is 4.79 Å². The summed E-state index contributed by atoms with van der Waals surface area (Å²) < 4.78 is 21.0. The van der Waals surface area contributed by atoms with Gasteiger partial charge in [0.05, 0.1) is 17.8 Å². The second kappa shape index (κ2) is 7.66. The Morgan fingerprint density at radius 3 is 2.79 bits per heavy atom. The van der Waals surface area contributed by atoms with Crippen LogP contribution in [0.25, 0.3) is 0 Å². The number of carbonyl (C=O) groups is 1. The van der Waals surface area contributed by atoms with Gasteiger partial charge in [0, 0.05) is 18.0 Å². The molecule has 1 aromatic carbocycles. The van der Waals surface area contributed by atoms with Crippen molar-refractivity contribution in [3.05, 3.63) is 71.8 Å². The Morgan fingerprint density at radius 1 is 1.31 bits per heavy atom. The van der Waals surface area contributed by atoms with Crippen molar-refractivity contribution >= 4 is 11.7 Å². The summed E-state index contributed by atoms with van der Waals surface area (Å²) in [5.74, 6) is 0.203. The Hall–Kier alpha value is -3.22. The molecule has 29 heavy (non-hydrogen) atoms. The third-order valence-corrected chi connectivity index (χ3v) is 5.36. The quantitative estimate of drug-likeness (QED) is 0.663. The zero-order chi connectivity index (χ0) is 20.4. The van der Waals surface area contributed by atoms with Crippen LogP contribution in [0.15, 0.2) is 54.7 Å². The molecule has 2 aromatic heterocycles. The van der Waals surface area contributed by atoms with E-state index in [1.54, 1.807) is 0 Å². The van der Waals surface area contributed by atoms with E-state index >= 15 is 0 Å². The summed E-state index contributed by atoms with van der Waals surface area (Å²) in [6, 6.07) is 14.6. The van der Waals surface area contributed by atoms with Crippen LogP contribution in [-0.2, 0) is 16.8 Å². The van der Waals surface area contributed by atoms with Crippen molar-refractivity contribution in [1.82, 2.24) is 14.8 Å². The molecule has 0 saturated heterocycles. The van der Waals surface area contributed by atoms with Crippen molar-refractivity contribution in [3.8, 4) is 5.88 Å². The second-order valence-electron chi connectivity index (χ2n) is 7.36. The fraction of sp³-hybridized carbons (Fsp3) is 0.318. The number of aryl methyl sites for hydroxylation is 2. The molecule has 1 amide bonds. The largest absolute Gasteiger partial charge is 0.477 e. The van der Waals surface area contributed by atoms with E-state index < -0.39 is 11.2 Å². The van der Waals surface area contributed by atoms with E-state index in [4.69, 9.17) is 4.74 Å². The van der Waals surface area contributed by atoms with Crippen LogP contribution in [0.4, 0.5) is 10.2 Å². The number of hydrogen-bond donors (Lipinski definition) is 1. The molecule has 7 heteroatoms. The number of carbonyl (C=O) groups excluding carboxylic acids is 1. The molecule has 1 fully saturated rings. The minimum atomic E-state index is -0.440. The number of aromatic nitrogens is 3. The molecule has 2 atom stereocenters. The molecule has 1 aliphatic carbocycles. The van der Waals surface area contributed by atoms with Crippen molar-refractivity contribution in [2.75, 3.05) is 11.9 Å². The van der Waals surface area contributed by atoms with E-state index in [0.29, 0.717) is 31.3 Å². The topological polar surface area (TPSA) is 69.0 Å². The summed E-state index contributed by atoms with van der Waals surface area (Å²) >= 11 is 0. The lowest BCUT2D eigenvalue weighted by atomic mass is 9.94. The molecule has 6 nitrogen and oxygen atoms in total. The number of rotatable bonds is 7. The maximum atomic E-state index is 13.1. The Balaban J connectivity index is 1.53. The number of nitrogens with zero attached hydrogens (tertiary/aromatic N) is 3. The molecule has 1 aliphatic rings. The molecule has 2 unspecified atom stereocenters. The normalized spacial score (nSPS) is 20.3. The first-order chi connectivity index (χ1) is 14.0. The van der Waals surface area contributed by atoms with Gasteiger partial charge in [-0.05, 0) is 38.0 Å². The van der Waals surface area contributed by atoms with Gasteiger partial charge in [0.15, 0.2) is 0 Å². The molecular formula is C22H23FN4O2. The SMILES string of the molecule is CCn1nc(C)cc1OCC1(c2ccccc2)CC1C(=O)Nc1ccc(F)cn1. The predicted octanol–water partition coefficient (Wildman–Crippen LogP) is 3.72. The van der Waals surface area contributed by atoms with E-state index in [-0.39, 0.29) is 11.8 Å². The standard InChI is InChI=1S/C22H23FN4O2/c1-3-27-20(11-15(2)26-27)29-14-22(16-7-5-4-6-8-16)12-18(22)21(28)25-19-10-9-17(23)13-24-19/h4-11,13,18H,3,12,14H2,1-2H3,(H,24,25,28). The predicted molar refractivity (Wildman–Crippen MR) is 107 cm³/mol. The number of benzene rings is 1. The summed E-state index contributed by atoms with van der Waals surface area (Å²) in [7, 11) is 0. The first-order valence-electron chi connectivity index (χ1n) is 9.67. The minimum absolute atomic E-state index is 0.142. The van der Waals surface area contributed by atoms with Crippen LogP contribution in [0.2, 0.25) is 0 Å². The van der Waals surface area contributed by atoms with Crippen molar-refractivity contribution < 1.29 is 13.9 Å². The highest BCUT2D eigenvalue weighted by Gasteiger charge is 2.60. The van der Waals surface area contributed by atoms with Crippen LogP contribution in [-0.4, -0.2) is 27.3 Å². The number of anilines is 1. The summed E-state index contributed by atoms with van der Waals surface area (Å²) in [5, 5.41) is 7.20. The zero-order valence-electron chi connectivity index (χ0n) is 16.4. The van der Waals surface area contributed by atoms with Crippen molar-refractivity contribution in [2.45, 2.75) is 32.2 Å². The van der Waals surface area contributed by atoms with Gasteiger partial charge in [0.25, 0.3) is 0 Å². The Labute approximate surface area is 168 Å². The summed E-state index contributed by atoms with van der Waals surface area (Å²) in [4.78, 5) is 16.8. The Kier molecular flexibility index (Phi) is 5.05. The van der Waals surface area contributed by atoms with Gasteiger partial charge in [-0.15, -0.1) is 0 Å². The minimum Gasteiger partial charge on any atom is -0.477 e. The highest BCUT2D eigenvalue weighted by molar-refractivity contribution is 5.95. The van der Waals surface area contributed by atoms with Crippen LogP contribution in [0.1, 0.15) is 24.6 Å². The van der Waals surface area contributed by atoms with E-state index in [0.717, 1.165) is 17.5 Å². The second-order valence-corrected chi connectivity index (χ2v) is 7.36. The third-order valence-electron chi connectivity index (χ3n) is 5.36.